The molecule has 1 aromatic carbocycles. The molecule has 0 aliphatic carbocycles. The van der Waals surface area contributed by atoms with Crippen molar-refractivity contribution in [3.63, 3.8) is 0 Å². The monoisotopic (exact) mass is 466 g/mol. The van der Waals surface area contributed by atoms with Crippen LogP contribution in [-0.4, -0.2) is 53.4 Å². The van der Waals surface area contributed by atoms with Gasteiger partial charge in [0, 0.05) is 6.92 Å². The van der Waals surface area contributed by atoms with E-state index in [2.05, 4.69) is 16.0 Å². The van der Waals surface area contributed by atoms with Crippen molar-refractivity contribution in [1.29, 1.82) is 0 Å². The zero-order valence-corrected chi connectivity index (χ0v) is 19.3. The first kappa shape index (κ1) is 27.1. The average molecular weight is 467 g/mol. The van der Waals surface area contributed by atoms with Crippen LogP contribution in [0.2, 0.25) is 0 Å². The van der Waals surface area contributed by atoms with Crippen LogP contribution in [0.1, 0.15) is 39.2 Å². The fourth-order valence-electron chi connectivity index (χ4n) is 3.09. The topological polar surface area (TPSA) is 147 Å². The van der Waals surface area contributed by atoms with E-state index in [1.54, 1.807) is 24.3 Å². The Labute approximate surface area is 192 Å². The zero-order chi connectivity index (χ0) is 24.3. The zero-order valence-electron chi connectivity index (χ0n) is 18.5. The van der Waals surface area contributed by atoms with Gasteiger partial charge in [-0.1, -0.05) is 44.2 Å². The highest BCUT2D eigenvalue weighted by atomic mass is 35.5. The molecule has 0 spiro atoms. The first-order chi connectivity index (χ1) is 15.0. The van der Waals surface area contributed by atoms with Crippen molar-refractivity contribution < 1.29 is 24.0 Å². The van der Waals surface area contributed by atoms with E-state index in [0.717, 1.165) is 5.56 Å². The minimum absolute atomic E-state index is 0.0811. The van der Waals surface area contributed by atoms with Gasteiger partial charge >= 0.3 is 0 Å². The molecule has 0 fully saturated rings. The predicted molar refractivity (Wildman–Crippen MR) is 121 cm³/mol. The minimum Gasteiger partial charge on any atom is -0.370 e. The number of hydrogen-bond donors (Lipinski definition) is 4. The number of ketones is 1. The quantitative estimate of drug-likeness (QED) is 0.311. The molecule has 0 radical (unpaired) electrons. The molecule has 10 heteroatoms. The second-order valence-corrected chi connectivity index (χ2v) is 8.23. The maximum Gasteiger partial charge on any atom is 0.243 e. The molecule has 9 nitrogen and oxygen atoms in total. The van der Waals surface area contributed by atoms with Gasteiger partial charge in [-0.2, -0.15) is 0 Å². The van der Waals surface area contributed by atoms with Gasteiger partial charge in [-0.05, 0) is 24.3 Å². The lowest BCUT2D eigenvalue weighted by atomic mass is 10.0. The number of rotatable bonds is 13. The fraction of sp³-hybridized carbons (Fsp3) is 0.500. The molecule has 32 heavy (non-hydrogen) atoms. The molecule has 0 aliphatic rings. The van der Waals surface area contributed by atoms with Crippen LogP contribution < -0.4 is 21.7 Å². The Balaban J connectivity index is 3.00. The second-order valence-electron chi connectivity index (χ2n) is 7.97. The highest BCUT2D eigenvalue weighted by molar-refractivity contribution is 6.28. The number of carbonyl (C=O) groups is 5. The van der Waals surface area contributed by atoms with Crippen LogP contribution in [-0.2, 0) is 30.4 Å². The van der Waals surface area contributed by atoms with Crippen LogP contribution >= 0.6 is 11.6 Å². The van der Waals surface area contributed by atoms with E-state index >= 15 is 0 Å². The highest BCUT2D eigenvalue weighted by Gasteiger charge is 2.30. The Hall–Kier alpha value is -2.94. The normalized spacial score (nSPS) is 13.5. The second kappa shape index (κ2) is 13.5. The summed E-state index contributed by atoms with van der Waals surface area (Å²) in [6.07, 6.45) is 0.0497. The summed E-state index contributed by atoms with van der Waals surface area (Å²) in [5.74, 6) is -3.24. The smallest absolute Gasteiger partial charge is 0.243 e. The summed E-state index contributed by atoms with van der Waals surface area (Å²) in [5.41, 5.74) is 6.06. The number of nitrogens with two attached hydrogens (primary N) is 1. The Morgan fingerprint density at radius 1 is 0.906 bits per heavy atom. The van der Waals surface area contributed by atoms with Gasteiger partial charge in [0.25, 0.3) is 0 Å². The molecule has 1 rings (SSSR count). The molecular formula is C22H31ClN4O5. The molecule has 4 amide bonds. The Morgan fingerprint density at radius 2 is 1.47 bits per heavy atom. The van der Waals surface area contributed by atoms with Gasteiger partial charge in [0.1, 0.15) is 12.1 Å². The Bertz CT molecular complexity index is 816. The number of Topliss-reactive ketones (excluding diaryl/α,β-unsaturated/α-hetero) is 1. The average Bonchev–Trinajstić information content (AvgIpc) is 2.71. The lowest BCUT2D eigenvalue weighted by molar-refractivity contribution is -0.134. The summed E-state index contributed by atoms with van der Waals surface area (Å²) in [5, 5.41) is 7.58. The molecule has 5 N–H and O–H groups in total. The van der Waals surface area contributed by atoms with Crippen molar-refractivity contribution in [2.24, 2.45) is 11.7 Å². The summed E-state index contributed by atoms with van der Waals surface area (Å²) < 4.78 is 0. The van der Waals surface area contributed by atoms with Gasteiger partial charge in [0.05, 0.1) is 18.3 Å². The minimum atomic E-state index is -1.31. The van der Waals surface area contributed by atoms with Gasteiger partial charge in [0.15, 0.2) is 5.78 Å². The van der Waals surface area contributed by atoms with Crippen molar-refractivity contribution in [3.8, 4) is 0 Å². The molecule has 0 saturated carbocycles. The van der Waals surface area contributed by atoms with E-state index in [9.17, 15) is 24.0 Å². The van der Waals surface area contributed by atoms with E-state index in [4.69, 9.17) is 17.3 Å². The predicted octanol–water partition coefficient (Wildman–Crippen LogP) is 0.433. The number of amides is 4. The van der Waals surface area contributed by atoms with Crippen molar-refractivity contribution in [3.05, 3.63) is 35.9 Å². The summed E-state index contributed by atoms with van der Waals surface area (Å²) in [6.45, 7) is 5.03. The first-order valence-electron chi connectivity index (χ1n) is 10.3. The van der Waals surface area contributed by atoms with Gasteiger partial charge in [-0.3, -0.25) is 24.0 Å². The van der Waals surface area contributed by atoms with Gasteiger partial charge in [0.2, 0.25) is 23.6 Å². The molecule has 0 saturated heterocycles. The summed E-state index contributed by atoms with van der Waals surface area (Å²) >= 11 is 5.70. The van der Waals surface area contributed by atoms with Crippen molar-refractivity contribution in [2.45, 2.75) is 58.2 Å². The third-order valence-electron chi connectivity index (χ3n) is 4.56. The highest BCUT2D eigenvalue weighted by Crippen LogP contribution is 2.08. The molecule has 0 bridgehead atoms. The molecule has 0 aromatic heterocycles. The molecule has 0 unspecified atom stereocenters. The van der Waals surface area contributed by atoms with E-state index in [-0.39, 0.29) is 18.2 Å². The summed E-state index contributed by atoms with van der Waals surface area (Å²) in [6, 6.07) is 5.86. The lowest BCUT2D eigenvalue weighted by Crippen LogP contribution is -2.57. The van der Waals surface area contributed by atoms with Crippen LogP contribution in [0.15, 0.2) is 30.3 Å². The van der Waals surface area contributed by atoms with Crippen molar-refractivity contribution in [2.75, 3.05) is 5.88 Å². The van der Waals surface area contributed by atoms with Crippen LogP contribution in [0.4, 0.5) is 0 Å². The standard InChI is InChI=1S/C22H31ClN4O5/c1-13(2)9-17(25-14(3)28)21(31)27-18(11-20(24)30)22(32)26-16(19(29)12-23)10-15-7-5-4-6-8-15/h4-8,13,16-18H,9-12H2,1-3H3,(H2,24,30)(H,25,28)(H,26,32)(H,27,31)/t16-,17-,18-/m0/s1. The number of carbonyl (C=O) groups excluding carboxylic acids is 5. The largest absolute Gasteiger partial charge is 0.370 e. The number of primary amides is 1. The van der Waals surface area contributed by atoms with E-state index in [0.29, 0.717) is 6.42 Å². The number of benzene rings is 1. The van der Waals surface area contributed by atoms with E-state index < -0.39 is 54.0 Å². The number of halogens is 1. The number of nitrogens with one attached hydrogen (secondary N) is 3. The van der Waals surface area contributed by atoms with E-state index in [1.165, 1.54) is 6.92 Å². The third-order valence-corrected chi connectivity index (χ3v) is 4.82. The van der Waals surface area contributed by atoms with Gasteiger partial charge < -0.3 is 21.7 Å². The van der Waals surface area contributed by atoms with Crippen LogP contribution in [0.3, 0.4) is 0 Å². The summed E-state index contributed by atoms with van der Waals surface area (Å²) in [7, 11) is 0. The van der Waals surface area contributed by atoms with Crippen LogP contribution in [0.5, 0.6) is 0 Å². The Morgan fingerprint density at radius 3 is 1.97 bits per heavy atom. The van der Waals surface area contributed by atoms with Gasteiger partial charge in [-0.25, -0.2) is 0 Å². The van der Waals surface area contributed by atoms with Gasteiger partial charge in [-0.15, -0.1) is 11.6 Å². The maximum absolute atomic E-state index is 12.9. The summed E-state index contributed by atoms with van der Waals surface area (Å²) in [4.78, 5) is 60.9. The number of alkyl halides is 1. The lowest BCUT2D eigenvalue weighted by Gasteiger charge is -2.25. The third kappa shape index (κ3) is 9.91. The fourth-order valence-corrected chi connectivity index (χ4v) is 3.28. The molecule has 0 heterocycles. The number of hydrogen-bond acceptors (Lipinski definition) is 5. The molecule has 176 valence electrons. The first-order valence-corrected chi connectivity index (χ1v) is 10.9. The van der Waals surface area contributed by atoms with Crippen LogP contribution in [0, 0.1) is 5.92 Å². The molecule has 0 aliphatic heterocycles. The molecule has 1 aromatic rings. The maximum atomic E-state index is 12.9. The Kier molecular flexibility index (Phi) is 11.4. The molecular weight excluding hydrogens is 436 g/mol. The van der Waals surface area contributed by atoms with Crippen LogP contribution in [0.25, 0.3) is 0 Å². The van der Waals surface area contributed by atoms with Crippen molar-refractivity contribution >= 4 is 41.0 Å². The SMILES string of the molecule is CC(=O)N[C@@H](CC(C)C)C(=O)N[C@@H](CC(N)=O)C(=O)N[C@@H](Cc1ccccc1)C(=O)CCl. The van der Waals surface area contributed by atoms with Crippen molar-refractivity contribution in [1.82, 2.24) is 16.0 Å². The van der Waals surface area contributed by atoms with E-state index in [1.807, 2.05) is 19.9 Å². The molecule has 3 atom stereocenters.